The summed E-state index contributed by atoms with van der Waals surface area (Å²) in [6, 6.07) is 0. The Morgan fingerprint density at radius 2 is 2.00 bits per heavy atom. The molecule has 0 saturated heterocycles. The number of allylic oxidation sites excluding steroid dienone is 2. The maximum absolute atomic E-state index is 11.7. The topological polar surface area (TPSA) is 60.8 Å². The number of hydrogen-bond acceptors (Lipinski definition) is 3. The van der Waals surface area contributed by atoms with E-state index < -0.39 is 0 Å². The highest BCUT2D eigenvalue weighted by Gasteiger charge is 2.44. The normalized spacial score (nSPS) is 27.6. The van der Waals surface area contributed by atoms with Crippen LogP contribution in [0.5, 0.6) is 0 Å². The van der Waals surface area contributed by atoms with Crippen LogP contribution in [0.15, 0.2) is 11.6 Å². The maximum Gasteiger partial charge on any atom is 0.222 e. The molecule has 29 heavy (non-hydrogen) atoms. The minimum absolute atomic E-state index is 0.0396. The molecule has 4 nitrogen and oxygen atoms in total. The van der Waals surface area contributed by atoms with E-state index in [4.69, 9.17) is 0 Å². The second kappa shape index (κ2) is 10.9. The maximum atomic E-state index is 11.7. The molecule has 1 saturated carbocycles. The summed E-state index contributed by atoms with van der Waals surface area (Å²) < 4.78 is 0. The molecule has 168 valence electrons. The van der Waals surface area contributed by atoms with Crippen LogP contribution in [0, 0.1) is 23.2 Å². The molecule has 2 aliphatic carbocycles. The number of rotatable bonds is 12. The van der Waals surface area contributed by atoms with Gasteiger partial charge in [0.25, 0.3) is 0 Å². The van der Waals surface area contributed by atoms with E-state index in [1.54, 1.807) is 4.90 Å². The van der Waals surface area contributed by atoms with E-state index in [0.717, 1.165) is 57.8 Å². The zero-order valence-corrected chi connectivity index (χ0v) is 19.5. The highest BCUT2D eigenvalue weighted by Crippen LogP contribution is 2.49. The van der Waals surface area contributed by atoms with Gasteiger partial charge < -0.3 is 15.1 Å². The Morgan fingerprint density at radius 3 is 2.66 bits per heavy atom. The molecule has 0 heterocycles. The second-order valence-electron chi connectivity index (χ2n) is 10.5. The highest BCUT2D eigenvalue weighted by atomic mass is 16.3. The Balaban J connectivity index is 1.77. The zero-order valence-electron chi connectivity index (χ0n) is 19.5. The molecule has 0 bridgehead atoms. The number of fused-ring (bicyclic) bond motifs is 1. The highest BCUT2D eigenvalue weighted by molar-refractivity contribution is 5.75. The average molecular weight is 408 g/mol. The fourth-order valence-corrected chi connectivity index (χ4v) is 5.38. The van der Waals surface area contributed by atoms with E-state index in [0.29, 0.717) is 24.2 Å². The molecule has 0 aliphatic heterocycles. The molecule has 0 aromatic heterocycles. The van der Waals surface area contributed by atoms with E-state index in [2.05, 4.69) is 26.8 Å². The number of amides is 1. The van der Waals surface area contributed by atoms with Crippen LogP contribution in [0.2, 0.25) is 0 Å². The van der Waals surface area contributed by atoms with E-state index >= 15 is 0 Å². The van der Waals surface area contributed by atoms with Crippen molar-refractivity contribution in [3.63, 3.8) is 0 Å². The standard InChI is InChI=1S/C25H45NO3/c1-6-7-14-25(2,3)23(28)13-12-20-21-16-18(15-19(21)17-22(20)27)10-8-9-11-24(29)26(4)5/h15,19-23,27-28H,6-14,16-17H2,1-5H3/t19-,20+,21-,22+,23-/m0/s1. The summed E-state index contributed by atoms with van der Waals surface area (Å²) in [6.45, 7) is 6.55. The number of carbonyl (C=O) groups is 1. The van der Waals surface area contributed by atoms with Crippen LogP contribution in [0.25, 0.3) is 0 Å². The summed E-state index contributed by atoms with van der Waals surface area (Å²) in [5.74, 6) is 1.60. The van der Waals surface area contributed by atoms with Crippen molar-refractivity contribution in [3.8, 4) is 0 Å². The molecular formula is C25H45NO3. The summed E-state index contributed by atoms with van der Waals surface area (Å²) in [5.41, 5.74) is 1.49. The molecule has 0 unspecified atom stereocenters. The van der Waals surface area contributed by atoms with Gasteiger partial charge >= 0.3 is 0 Å². The molecule has 5 atom stereocenters. The lowest BCUT2D eigenvalue weighted by molar-refractivity contribution is -0.128. The minimum Gasteiger partial charge on any atom is -0.393 e. The summed E-state index contributed by atoms with van der Waals surface area (Å²) >= 11 is 0. The molecule has 0 aromatic carbocycles. The summed E-state index contributed by atoms with van der Waals surface area (Å²) in [4.78, 5) is 13.4. The third-order valence-electron chi connectivity index (χ3n) is 7.54. The second-order valence-corrected chi connectivity index (χ2v) is 10.5. The molecule has 2 aliphatic rings. The number of aliphatic hydroxyl groups is 2. The van der Waals surface area contributed by atoms with Crippen molar-refractivity contribution in [2.24, 2.45) is 23.2 Å². The largest absolute Gasteiger partial charge is 0.393 e. The predicted molar refractivity (Wildman–Crippen MR) is 120 cm³/mol. The lowest BCUT2D eigenvalue weighted by atomic mass is 9.77. The molecule has 0 spiro atoms. The zero-order chi connectivity index (χ0) is 21.6. The number of aliphatic hydroxyl groups excluding tert-OH is 2. The fourth-order valence-electron chi connectivity index (χ4n) is 5.38. The van der Waals surface area contributed by atoms with Crippen molar-refractivity contribution in [1.29, 1.82) is 0 Å². The SMILES string of the molecule is CCCCC(C)(C)[C@@H](O)CC[C@@H]1[C@H]2CC(CCCCC(=O)N(C)C)=C[C@H]2C[C@H]1O. The van der Waals surface area contributed by atoms with Crippen molar-refractivity contribution in [1.82, 2.24) is 4.90 Å². The van der Waals surface area contributed by atoms with Crippen LogP contribution in [0.1, 0.15) is 91.4 Å². The summed E-state index contributed by atoms with van der Waals surface area (Å²) in [5, 5.41) is 21.4. The van der Waals surface area contributed by atoms with Crippen LogP contribution in [0.4, 0.5) is 0 Å². The van der Waals surface area contributed by atoms with Crippen molar-refractivity contribution in [2.45, 2.75) is 104 Å². The first-order valence-corrected chi connectivity index (χ1v) is 11.9. The third-order valence-corrected chi connectivity index (χ3v) is 7.54. The van der Waals surface area contributed by atoms with Crippen molar-refractivity contribution in [2.75, 3.05) is 14.1 Å². The van der Waals surface area contributed by atoms with Gasteiger partial charge in [0.2, 0.25) is 5.91 Å². The Hall–Kier alpha value is -0.870. The van der Waals surface area contributed by atoms with Gasteiger partial charge in [-0.25, -0.2) is 0 Å². The molecule has 1 fully saturated rings. The number of nitrogens with zero attached hydrogens (tertiary/aromatic N) is 1. The minimum atomic E-state index is -0.289. The molecular weight excluding hydrogens is 362 g/mol. The van der Waals surface area contributed by atoms with Crippen molar-refractivity contribution in [3.05, 3.63) is 11.6 Å². The fraction of sp³-hybridized carbons (Fsp3) is 0.880. The van der Waals surface area contributed by atoms with Crippen molar-refractivity contribution < 1.29 is 15.0 Å². The molecule has 4 heteroatoms. The van der Waals surface area contributed by atoms with Gasteiger partial charge in [0, 0.05) is 20.5 Å². The van der Waals surface area contributed by atoms with Crippen molar-refractivity contribution >= 4 is 5.91 Å². The predicted octanol–water partition coefficient (Wildman–Crippen LogP) is 4.94. The van der Waals surface area contributed by atoms with Crippen LogP contribution in [0.3, 0.4) is 0 Å². The number of hydrogen-bond donors (Lipinski definition) is 2. The van der Waals surface area contributed by atoms with E-state index in [9.17, 15) is 15.0 Å². The Morgan fingerprint density at radius 1 is 1.28 bits per heavy atom. The van der Waals surface area contributed by atoms with Gasteiger partial charge in [-0.3, -0.25) is 4.79 Å². The lowest BCUT2D eigenvalue weighted by Crippen LogP contribution is -2.31. The van der Waals surface area contributed by atoms with E-state index in [1.807, 2.05) is 14.1 Å². The first-order valence-electron chi connectivity index (χ1n) is 11.9. The van der Waals surface area contributed by atoms with Crippen LogP contribution in [-0.4, -0.2) is 47.3 Å². The first kappa shape index (κ1) is 24.4. The third kappa shape index (κ3) is 6.82. The van der Waals surface area contributed by atoms with Crippen LogP contribution >= 0.6 is 0 Å². The van der Waals surface area contributed by atoms with Gasteiger partial charge in [-0.2, -0.15) is 0 Å². The molecule has 0 aromatic rings. The van der Waals surface area contributed by atoms with Crippen LogP contribution < -0.4 is 0 Å². The van der Waals surface area contributed by atoms with E-state index in [1.165, 1.54) is 12.0 Å². The summed E-state index contributed by atoms with van der Waals surface area (Å²) in [7, 11) is 3.63. The summed E-state index contributed by atoms with van der Waals surface area (Å²) in [6.07, 6.45) is 12.8. The molecule has 2 rings (SSSR count). The average Bonchev–Trinajstić information content (AvgIpc) is 3.17. The Labute approximate surface area is 178 Å². The van der Waals surface area contributed by atoms with Crippen LogP contribution in [-0.2, 0) is 4.79 Å². The molecule has 0 radical (unpaired) electrons. The quantitative estimate of drug-likeness (QED) is 0.356. The first-order chi connectivity index (χ1) is 13.7. The van der Waals surface area contributed by atoms with Gasteiger partial charge in [-0.15, -0.1) is 0 Å². The van der Waals surface area contributed by atoms with Gasteiger partial charge in [-0.05, 0) is 74.5 Å². The smallest absolute Gasteiger partial charge is 0.222 e. The lowest BCUT2D eigenvalue weighted by Gasteiger charge is -2.32. The number of unbranched alkanes of at least 4 members (excludes halogenated alkanes) is 2. The molecule has 1 amide bonds. The van der Waals surface area contributed by atoms with E-state index in [-0.39, 0.29) is 23.5 Å². The van der Waals surface area contributed by atoms with Gasteiger partial charge in [-0.1, -0.05) is 45.3 Å². The van der Waals surface area contributed by atoms with Gasteiger partial charge in [0.1, 0.15) is 0 Å². The van der Waals surface area contributed by atoms with Gasteiger partial charge in [0.05, 0.1) is 12.2 Å². The Kier molecular flexibility index (Phi) is 9.21. The Bertz CT molecular complexity index is 554. The molecule has 2 N–H and O–H groups in total. The monoisotopic (exact) mass is 407 g/mol. The van der Waals surface area contributed by atoms with Gasteiger partial charge in [0.15, 0.2) is 0 Å². The number of carbonyl (C=O) groups excluding carboxylic acids is 1.